The number of aliphatic carboxylic acids is 1. The molecule has 108 valence electrons. The van der Waals surface area contributed by atoms with E-state index >= 15 is 0 Å². The van der Waals surface area contributed by atoms with Crippen molar-refractivity contribution >= 4 is 11.9 Å². The van der Waals surface area contributed by atoms with E-state index in [0.717, 1.165) is 19.3 Å². The van der Waals surface area contributed by atoms with E-state index < -0.39 is 11.9 Å². The summed E-state index contributed by atoms with van der Waals surface area (Å²) in [4.78, 5) is 24.8. The highest BCUT2D eigenvalue weighted by Crippen LogP contribution is 2.26. The molecule has 19 heavy (non-hydrogen) atoms. The number of carbonyl (C=O) groups excluding carboxylic acids is 1. The van der Waals surface area contributed by atoms with Crippen molar-refractivity contribution in [3.05, 3.63) is 0 Å². The number of rotatable bonds is 4. The lowest BCUT2D eigenvalue weighted by atomic mass is 9.99. The first-order valence-corrected chi connectivity index (χ1v) is 7.13. The Labute approximate surface area is 113 Å². The van der Waals surface area contributed by atoms with Crippen LogP contribution in [0.5, 0.6) is 0 Å². The Hall–Kier alpha value is -1.10. The molecule has 0 aromatic rings. The Bertz CT molecular complexity index is 357. The van der Waals surface area contributed by atoms with Crippen molar-refractivity contribution in [1.29, 1.82) is 0 Å². The third-order valence-electron chi connectivity index (χ3n) is 4.28. The lowest BCUT2D eigenvalue weighted by Gasteiger charge is -2.17. The molecule has 1 N–H and O–H groups in total. The molecule has 0 saturated carbocycles. The molecule has 2 aliphatic heterocycles. The van der Waals surface area contributed by atoms with Crippen LogP contribution in [0.1, 0.15) is 39.5 Å². The average molecular weight is 269 g/mol. The van der Waals surface area contributed by atoms with Crippen molar-refractivity contribution in [3.8, 4) is 0 Å². The maximum Gasteiger partial charge on any atom is 0.308 e. The molecule has 2 aliphatic rings. The Balaban J connectivity index is 1.76. The van der Waals surface area contributed by atoms with Crippen LogP contribution in [0.25, 0.3) is 0 Å². The fourth-order valence-electron chi connectivity index (χ4n) is 3.03. The van der Waals surface area contributed by atoms with Crippen LogP contribution in [0.15, 0.2) is 0 Å². The average Bonchev–Trinajstić information content (AvgIpc) is 2.92. The van der Waals surface area contributed by atoms with E-state index in [1.165, 1.54) is 0 Å². The minimum atomic E-state index is -0.796. The number of amides is 1. The molecule has 4 atom stereocenters. The van der Waals surface area contributed by atoms with Gasteiger partial charge in [-0.05, 0) is 32.1 Å². The SMILES string of the molecule is CC1CCC(CCC(=O)N2C[C@@H](C)[C@H](C(=O)O)C2)O1. The Morgan fingerprint density at radius 2 is 2.00 bits per heavy atom. The summed E-state index contributed by atoms with van der Waals surface area (Å²) in [6, 6.07) is 0. The van der Waals surface area contributed by atoms with Gasteiger partial charge in [-0.2, -0.15) is 0 Å². The van der Waals surface area contributed by atoms with Gasteiger partial charge >= 0.3 is 5.97 Å². The summed E-state index contributed by atoms with van der Waals surface area (Å²) in [7, 11) is 0. The largest absolute Gasteiger partial charge is 0.481 e. The van der Waals surface area contributed by atoms with E-state index in [2.05, 4.69) is 6.92 Å². The summed E-state index contributed by atoms with van der Waals surface area (Å²) >= 11 is 0. The molecular weight excluding hydrogens is 246 g/mol. The highest BCUT2D eigenvalue weighted by molar-refractivity contribution is 5.79. The molecule has 0 radical (unpaired) electrons. The van der Waals surface area contributed by atoms with Crippen molar-refractivity contribution in [2.75, 3.05) is 13.1 Å². The predicted octanol–water partition coefficient (Wildman–Crippen LogP) is 1.51. The Morgan fingerprint density at radius 3 is 2.53 bits per heavy atom. The monoisotopic (exact) mass is 269 g/mol. The smallest absolute Gasteiger partial charge is 0.308 e. The van der Waals surface area contributed by atoms with Gasteiger partial charge in [-0.15, -0.1) is 0 Å². The number of carboxylic acids is 1. The molecule has 2 unspecified atom stereocenters. The Kier molecular flexibility index (Phi) is 4.45. The van der Waals surface area contributed by atoms with Gasteiger partial charge in [-0.1, -0.05) is 6.92 Å². The molecule has 0 aliphatic carbocycles. The third-order valence-corrected chi connectivity index (χ3v) is 4.28. The molecule has 0 aromatic carbocycles. The highest BCUT2D eigenvalue weighted by Gasteiger charge is 2.36. The van der Waals surface area contributed by atoms with E-state index in [4.69, 9.17) is 9.84 Å². The molecule has 2 heterocycles. The second-order valence-corrected chi connectivity index (χ2v) is 5.91. The molecule has 5 nitrogen and oxygen atoms in total. The van der Waals surface area contributed by atoms with Crippen LogP contribution < -0.4 is 0 Å². The zero-order chi connectivity index (χ0) is 14.0. The predicted molar refractivity (Wildman–Crippen MR) is 69.7 cm³/mol. The lowest BCUT2D eigenvalue weighted by molar-refractivity contribution is -0.142. The molecule has 2 rings (SSSR count). The van der Waals surface area contributed by atoms with Crippen molar-refractivity contribution in [1.82, 2.24) is 4.90 Å². The minimum absolute atomic E-state index is 0.0456. The lowest BCUT2D eigenvalue weighted by Crippen LogP contribution is -2.30. The second kappa shape index (κ2) is 5.90. The maximum absolute atomic E-state index is 12.1. The fraction of sp³-hybridized carbons (Fsp3) is 0.857. The van der Waals surface area contributed by atoms with E-state index in [-0.39, 0.29) is 17.9 Å². The number of hydrogen-bond acceptors (Lipinski definition) is 3. The molecule has 2 saturated heterocycles. The van der Waals surface area contributed by atoms with Crippen molar-refractivity contribution in [2.24, 2.45) is 11.8 Å². The van der Waals surface area contributed by atoms with Crippen molar-refractivity contribution in [3.63, 3.8) is 0 Å². The third kappa shape index (κ3) is 3.47. The molecule has 0 bridgehead atoms. The zero-order valence-corrected chi connectivity index (χ0v) is 11.7. The standard InChI is InChI=1S/C14H23NO4/c1-9-7-15(8-12(9)14(17)18)13(16)6-5-11-4-3-10(2)19-11/h9-12H,3-8H2,1-2H3,(H,17,18)/t9-,10?,11?,12-/m1/s1. The maximum atomic E-state index is 12.1. The second-order valence-electron chi connectivity index (χ2n) is 5.91. The topological polar surface area (TPSA) is 66.8 Å². The van der Waals surface area contributed by atoms with Gasteiger partial charge in [-0.25, -0.2) is 0 Å². The first kappa shape index (κ1) is 14.3. The minimum Gasteiger partial charge on any atom is -0.481 e. The zero-order valence-electron chi connectivity index (χ0n) is 11.7. The quantitative estimate of drug-likeness (QED) is 0.840. The number of nitrogens with zero attached hydrogens (tertiary/aromatic N) is 1. The van der Waals surface area contributed by atoms with E-state index in [0.29, 0.717) is 25.6 Å². The van der Waals surface area contributed by atoms with Crippen LogP contribution >= 0.6 is 0 Å². The summed E-state index contributed by atoms with van der Waals surface area (Å²) in [6.07, 6.45) is 3.84. The van der Waals surface area contributed by atoms with Crippen LogP contribution in [-0.4, -0.2) is 47.2 Å². The van der Waals surface area contributed by atoms with Gasteiger partial charge in [0.05, 0.1) is 18.1 Å². The van der Waals surface area contributed by atoms with Gasteiger partial charge in [0, 0.05) is 19.5 Å². The molecule has 2 fully saturated rings. The number of carboxylic acid groups (broad SMARTS) is 1. The molecule has 0 spiro atoms. The van der Waals surface area contributed by atoms with Gasteiger partial charge < -0.3 is 14.7 Å². The van der Waals surface area contributed by atoms with Crippen LogP contribution in [0, 0.1) is 11.8 Å². The van der Waals surface area contributed by atoms with E-state index in [9.17, 15) is 9.59 Å². The number of likely N-dealkylation sites (tertiary alicyclic amines) is 1. The summed E-state index contributed by atoms with van der Waals surface area (Å²) in [5, 5.41) is 9.06. The summed E-state index contributed by atoms with van der Waals surface area (Å²) in [5.74, 6) is -1.09. The number of ether oxygens (including phenoxy) is 1. The van der Waals surface area contributed by atoms with E-state index in [1.807, 2.05) is 6.92 Å². The van der Waals surface area contributed by atoms with Crippen LogP contribution in [0.3, 0.4) is 0 Å². The van der Waals surface area contributed by atoms with Crippen molar-refractivity contribution in [2.45, 2.75) is 51.7 Å². The molecule has 5 heteroatoms. The first-order chi connectivity index (χ1) is 8.97. The van der Waals surface area contributed by atoms with Crippen LogP contribution in [-0.2, 0) is 14.3 Å². The van der Waals surface area contributed by atoms with Gasteiger partial charge in [0.2, 0.25) is 5.91 Å². The summed E-state index contributed by atoms with van der Waals surface area (Å²) in [5.41, 5.74) is 0. The van der Waals surface area contributed by atoms with Gasteiger partial charge in [0.15, 0.2) is 0 Å². The van der Waals surface area contributed by atoms with Crippen molar-refractivity contribution < 1.29 is 19.4 Å². The highest BCUT2D eigenvalue weighted by atomic mass is 16.5. The molecular formula is C14H23NO4. The summed E-state index contributed by atoms with van der Waals surface area (Å²) < 4.78 is 5.69. The molecule has 1 amide bonds. The number of hydrogen-bond donors (Lipinski definition) is 1. The van der Waals surface area contributed by atoms with Gasteiger partial charge in [0.25, 0.3) is 0 Å². The van der Waals surface area contributed by atoms with Gasteiger partial charge in [-0.3, -0.25) is 9.59 Å². The normalized spacial score (nSPS) is 34.7. The van der Waals surface area contributed by atoms with Gasteiger partial charge in [0.1, 0.15) is 0 Å². The van der Waals surface area contributed by atoms with Crippen LogP contribution in [0.2, 0.25) is 0 Å². The van der Waals surface area contributed by atoms with E-state index in [1.54, 1.807) is 4.90 Å². The fourth-order valence-corrected chi connectivity index (χ4v) is 3.03. The Morgan fingerprint density at radius 1 is 1.26 bits per heavy atom. The number of carbonyl (C=O) groups is 2. The summed E-state index contributed by atoms with van der Waals surface area (Å²) in [6.45, 7) is 4.88. The first-order valence-electron chi connectivity index (χ1n) is 7.13. The van der Waals surface area contributed by atoms with Crippen LogP contribution in [0.4, 0.5) is 0 Å². The molecule has 0 aromatic heterocycles.